The minimum atomic E-state index is 0.507. The zero-order valence-corrected chi connectivity index (χ0v) is 17.7. The monoisotopic (exact) mass is 340 g/mol. The molecule has 0 aromatic rings. The first-order chi connectivity index (χ1) is 11.7. The summed E-state index contributed by atoms with van der Waals surface area (Å²) in [7, 11) is 0. The summed E-state index contributed by atoms with van der Waals surface area (Å²) in [5, 5.41) is 0. The van der Waals surface area contributed by atoms with E-state index >= 15 is 0 Å². The van der Waals surface area contributed by atoms with E-state index in [1.165, 1.54) is 36.0 Å². The van der Waals surface area contributed by atoms with Gasteiger partial charge >= 0.3 is 0 Å². The highest BCUT2D eigenvalue weighted by molar-refractivity contribution is 5.52. The van der Waals surface area contributed by atoms with Crippen LogP contribution < -0.4 is 0 Å². The van der Waals surface area contributed by atoms with Crippen molar-refractivity contribution in [1.29, 1.82) is 0 Å². The molecular formula is C25H40. The molecular weight excluding hydrogens is 300 g/mol. The van der Waals surface area contributed by atoms with Crippen LogP contribution in [0.4, 0.5) is 0 Å². The van der Waals surface area contributed by atoms with Crippen LogP contribution in [0, 0.1) is 11.8 Å². The maximum atomic E-state index is 4.33. The largest absolute Gasteiger partial charge is 0.0958 e. The van der Waals surface area contributed by atoms with Crippen molar-refractivity contribution in [2.24, 2.45) is 11.8 Å². The highest BCUT2D eigenvalue weighted by atomic mass is 14.2. The van der Waals surface area contributed by atoms with Crippen LogP contribution in [-0.2, 0) is 0 Å². The summed E-state index contributed by atoms with van der Waals surface area (Å²) < 4.78 is 0. The van der Waals surface area contributed by atoms with Crippen molar-refractivity contribution < 1.29 is 0 Å². The van der Waals surface area contributed by atoms with E-state index in [-0.39, 0.29) is 0 Å². The second-order valence-corrected chi connectivity index (χ2v) is 7.38. The summed E-state index contributed by atoms with van der Waals surface area (Å²) in [4.78, 5) is 0. The Balaban J connectivity index is 5.03. The average Bonchev–Trinajstić information content (AvgIpc) is 2.61. The van der Waals surface area contributed by atoms with E-state index in [9.17, 15) is 0 Å². The Kier molecular flexibility index (Phi) is 11.2. The minimum absolute atomic E-state index is 0.507. The van der Waals surface area contributed by atoms with Crippen molar-refractivity contribution >= 4 is 0 Å². The van der Waals surface area contributed by atoms with Crippen molar-refractivity contribution in [2.45, 2.75) is 73.6 Å². The lowest BCUT2D eigenvalue weighted by Gasteiger charge is -2.18. The summed E-state index contributed by atoms with van der Waals surface area (Å²) in [6.45, 7) is 30.2. The fourth-order valence-electron chi connectivity index (χ4n) is 2.70. The predicted octanol–water partition coefficient (Wildman–Crippen LogP) is 8.37. The molecule has 0 heteroatoms. The highest BCUT2D eigenvalue weighted by Gasteiger charge is 2.11. The summed E-state index contributed by atoms with van der Waals surface area (Å²) in [5.74, 6) is 1.30. The van der Waals surface area contributed by atoms with Gasteiger partial charge in [0, 0.05) is 0 Å². The van der Waals surface area contributed by atoms with Crippen LogP contribution in [-0.4, -0.2) is 0 Å². The molecule has 0 nitrogen and oxygen atoms in total. The quantitative estimate of drug-likeness (QED) is 0.313. The van der Waals surface area contributed by atoms with Gasteiger partial charge in [0.15, 0.2) is 0 Å². The predicted molar refractivity (Wildman–Crippen MR) is 117 cm³/mol. The van der Waals surface area contributed by atoms with Gasteiger partial charge in [-0.05, 0) is 65.9 Å². The molecule has 0 aromatic carbocycles. The second kappa shape index (κ2) is 11.9. The van der Waals surface area contributed by atoms with Crippen molar-refractivity contribution in [2.75, 3.05) is 0 Å². The highest BCUT2D eigenvalue weighted by Crippen LogP contribution is 2.28. The minimum Gasteiger partial charge on any atom is -0.0958 e. The molecule has 0 amide bonds. The van der Waals surface area contributed by atoms with E-state index < -0.39 is 0 Å². The Morgan fingerprint density at radius 3 is 1.96 bits per heavy atom. The van der Waals surface area contributed by atoms with Crippen LogP contribution in [0.25, 0.3) is 0 Å². The lowest BCUT2D eigenvalue weighted by atomic mass is 9.87. The molecule has 0 bridgehead atoms. The third kappa shape index (κ3) is 8.38. The molecule has 2 unspecified atom stereocenters. The van der Waals surface area contributed by atoms with Gasteiger partial charge in [-0.1, -0.05) is 91.5 Å². The normalized spacial score (nSPS) is 14.8. The Bertz CT molecular complexity index is 551. The van der Waals surface area contributed by atoms with Gasteiger partial charge in [0.2, 0.25) is 0 Å². The first kappa shape index (κ1) is 23.4. The van der Waals surface area contributed by atoms with Crippen molar-refractivity contribution in [1.82, 2.24) is 0 Å². The van der Waals surface area contributed by atoms with Crippen LogP contribution >= 0.6 is 0 Å². The molecule has 140 valence electrons. The zero-order valence-electron chi connectivity index (χ0n) is 17.7. The lowest BCUT2D eigenvalue weighted by molar-refractivity contribution is 0.453. The Morgan fingerprint density at radius 1 is 0.880 bits per heavy atom. The smallest absolute Gasteiger partial charge is 0.0194 e. The molecule has 0 aliphatic rings. The van der Waals surface area contributed by atoms with Gasteiger partial charge in [0.05, 0.1) is 0 Å². The number of rotatable bonds is 12. The Morgan fingerprint density at radius 2 is 1.48 bits per heavy atom. The molecule has 0 radical (unpaired) electrons. The molecule has 0 spiro atoms. The van der Waals surface area contributed by atoms with Gasteiger partial charge in [0.1, 0.15) is 0 Å². The third-order valence-electron chi connectivity index (χ3n) is 5.27. The molecule has 0 heterocycles. The van der Waals surface area contributed by atoms with Crippen molar-refractivity contribution in [3.8, 4) is 0 Å². The molecule has 0 rings (SSSR count). The second-order valence-electron chi connectivity index (χ2n) is 7.38. The fraction of sp³-hybridized carbons (Fsp3) is 0.520. The fourth-order valence-corrected chi connectivity index (χ4v) is 2.70. The number of allylic oxidation sites excluding steroid dienone is 8. The van der Waals surface area contributed by atoms with Gasteiger partial charge in [-0.2, -0.15) is 0 Å². The molecule has 0 saturated carbocycles. The van der Waals surface area contributed by atoms with Crippen LogP contribution in [0.3, 0.4) is 0 Å². The molecule has 0 aliphatic heterocycles. The standard InChI is InChI=1S/C25H40/c1-11-18(4)14-15-20(6)23(9)21(7)17-22(8)24(10)25(13-3)16-19(5)12-2/h16-18,20H,5,8-15H2,1-4,6-7H3/b21-17-,25-16-. The van der Waals surface area contributed by atoms with E-state index in [1.807, 2.05) is 0 Å². The van der Waals surface area contributed by atoms with Gasteiger partial charge < -0.3 is 0 Å². The molecule has 0 aliphatic carbocycles. The average molecular weight is 341 g/mol. The van der Waals surface area contributed by atoms with E-state index in [1.54, 1.807) is 0 Å². The number of hydrogen-bond acceptors (Lipinski definition) is 0. The van der Waals surface area contributed by atoms with Crippen molar-refractivity contribution in [3.63, 3.8) is 0 Å². The molecule has 0 fully saturated rings. The Hall–Kier alpha value is -1.56. The van der Waals surface area contributed by atoms with Crippen LogP contribution in [0.1, 0.15) is 73.6 Å². The molecule has 0 saturated heterocycles. The molecule has 0 N–H and O–H groups in total. The van der Waals surface area contributed by atoms with Crippen LogP contribution in [0.5, 0.6) is 0 Å². The maximum Gasteiger partial charge on any atom is -0.0194 e. The molecule has 0 aromatic heterocycles. The SMILES string of the molecule is C=C(/C=C(/CC)C(=C)C(=C)/C=C(/C)C(=C)C(C)CCC(C)CC)CC. The maximum absolute atomic E-state index is 4.33. The summed E-state index contributed by atoms with van der Waals surface area (Å²) >= 11 is 0. The molecule has 2 atom stereocenters. The van der Waals surface area contributed by atoms with E-state index in [2.05, 4.69) is 80.0 Å². The number of hydrogen-bond donors (Lipinski definition) is 0. The van der Waals surface area contributed by atoms with Gasteiger partial charge in [-0.3, -0.25) is 0 Å². The van der Waals surface area contributed by atoms with Crippen molar-refractivity contribution in [3.05, 3.63) is 71.9 Å². The lowest BCUT2D eigenvalue weighted by Crippen LogP contribution is -2.03. The first-order valence-electron chi connectivity index (χ1n) is 9.82. The van der Waals surface area contributed by atoms with Gasteiger partial charge in [-0.25, -0.2) is 0 Å². The summed E-state index contributed by atoms with van der Waals surface area (Å²) in [5.41, 5.74) is 6.78. The summed E-state index contributed by atoms with van der Waals surface area (Å²) in [6, 6.07) is 0. The summed E-state index contributed by atoms with van der Waals surface area (Å²) in [6.07, 6.45) is 9.91. The third-order valence-corrected chi connectivity index (χ3v) is 5.27. The van der Waals surface area contributed by atoms with Gasteiger partial charge in [0.25, 0.3) is 0 Å². The van der Waals surface area contributed by atoms with Crippen LogP contribution in [0.15, 0.2) is 71.9 Å². The first-order valence-corrected chi connectivity index (χ1v) is 9.82. The van der Waals surface area contributed by atoms with Crippen LogP contribution in [0.2, 0.25) is 0 Å². The van der Waals surface area contributed by atoms with E-state index in [0.717, 1.165) is 35.5 Å². The van der Waals surface area contributed by atoms with Gasteiger partial charge in [-0.15, -0.1) is 0 Å². The Labute approximate surface area is 157 Å². The van der Waals surface area contributed by atoms with E-state index in [4.69, 9.17) is 0 Å². The topological polar surface area (TPSA) is 0 Å². The molecule has 25 heavy (non-hydrogen) atoms. The zero-order chi connectivity index (χ0) is 19.6. The van der Waals surface area contributed by atoms with E-state index in [0.29, 0.717) is 5.92 Å².